The lowest BCUT2D eigenvalue weighted by molar-refractivity contribution is -0.141. The number of hydrogen-bond acceptors (Lipinski definition) is 4. The fourth-order valence-electron chi connectivity index (χ4n) is 4.04. The van der Waals surface area contributed by atoms with E-state index in [2.05, 4.69) is 4.98 Å². The Hall–Kier alpha value is -2.70. The molecule has 0 bridgehead atoms. The topological polar surface area (TPSA) is 70.5 Å². The van der Waals surface area contributed by atoms with E-state index in [1.165, 1.54) is 11.3 Å². The van der Waals surface area contributed by atoms with Crippen LogP contribution in [0.4, 0.5) is 5.13 Å². The van der Waals surface area contributed by atoms with Gasteiger partial charge in [0.2, 0.25) is 5.91 Å². The molecule has 3 aromatic rings. The Bertz CT molecular complexity index is 1050. The first-order chi connectivity index (χ1) is 14.5. The minimum Gasteiger partial charge on any atom is -0.481 e. The summed E-state index contributed by atoms with van der Waals surface area (Å²) in [6.07, 6.45) is 1.34. The van der Waals surface area contributed by atoms with Crippen LogP contribution in [0.5, 0.6) is 0 Å². The number of thiazole rings is 1. The molecule has 1 fully saturated rings. The molecule has 1 saturated heterocycles. The third kappa shape index (κ3) is 4.25. The molecule has 1 aliphatic rings. The predicted octanol–water partition coefficient (Wildman–Crippen LogP) is 5.47. The van der Waals surface area contributed by atoms with Gasteiger partial charge in [0.05, 0.1) is 18.0 Å². The van der Waals surface area contributed by atoms with Crippen molar-refractivity contribution < 1.29 is 14.7 Å². The average molecular weight is 441 g/mol. The van der Waals surface area contributed by atoms with Crippen LogP contribution in [0.1, 0.15) is 30.7 Å². The van der Waals surface area contributed by atoms with Crippen molar-refractivity contribution >= 4 is 39.9 Å². The van der Waals surface area contributed by atoms with Gasteiger partial charge in [-0.25, -0.2) is 4.98 Å². The summed E-state index contributed by atoms with van der Waals surface area (Å²) in [5.41, 5.74) is 2.54. The summed E-state index contributed by atoms with van der Waals surface area (Å²) in [6.45, 7) is 0.522. The zero-order valence-electron chi connectivity index (χ0n) is 16.2. The van der Waals surface area contributed by atoms with E-state index in [1.807, 2.05) is 53.9 Å². The maximum Gasteiger partial charge on any atom is 0.304 e. The highest BCUT2D eigenvalue weighted by Crippen LogP contribution is 2.39. The van der Waals surface area contributed by atoms with E-state index in [4.69, 9.17) is 11.6 Å². The predicted molar refractivity (Wildman–Crippen MR) is 119 cm³/mol. The van der Waals surface area contributed by atoms with Gasteiger partial charge in [-0.3, -0.25) is 14.5 Å². The number of rotatable bonds is 5. The fraction of sp³-hybridized carbons (Fsp3) is 0.261. The first-order valence-electron chi connectivity index (χ1n) is 9.83. The Morgan fingerprint density at radius 1 is 1.17 bits per heavy atom. The SMILES string of the molecule is O=C(O)CC1C(=O)N(c2nc(-c3ccccc3Cl)cs2)CCCC1c1ccccc1. The normalized spacial score (nSPS) is 19.5. The molecule has 0 saturated carbocycles. The maximum absolute atomic E-state index is 13.5. The number of anilines is 1. The minimum atomic E-state index is -0.966. The largest absolute Gasteiger partial charge is 0.481 e. The molecule has 2 heterocycles. The molecule has 1 aliphatic heterocycles. The smallest absolute Gasteiger partial charge is 0.304 e. The van der Waals surface area contributed by atoms with E-state index in [0.29, 0.717) is 22.4 Å². The van der Waals surface area contributed by atoms with Crippen LogP contribution in [-0.2, 0) is 9.59 Å². The highest BCUT2D eigenvalue weighted by molar-refractivity contribution is 7.14. The van der Waals surface area contributed by atoms with Crippen LogP contribution in [0.2, 0.25) is 5.02 Å². The summed E-state index contributed by atoms with van der Waals surface area (Å²) in [5.74, 6) is -1.89. The number of hydrogen-bond donors (Lipinski definition) is 1. The number of carbonyl (C=O) groups is 2. The number of aromatic nitrogens is 1. The van der Waals surface area contributed by atoms with Gasteiger partial charge >= 0.3 is 5.97 Å². The lowest BCUT2D eigenvalue weighted by Gasteiger charge is -2.26. The molecular weight excluding hydrogens is 420 g/mol. The lowest BCUT2D eigenvalue weighted by atomic mass is 9.81. The molecule has 5 nitrogen and oxygen atoms in total. The van der Waals surface area contributed by atoms with Crippen molar-refractivity contribution in [1.29, 1.82) is 0 Å². The van der Waals surface area contributed by atoms with E-state index in [0.717, 1.165) is 24.0 Å². The third-order valence-corrected chi connectivity index (χ3v) is 6.65. The van der Waals surface area contributed by atoms with Crippen LogP contribution < -0.4 is 4.90 Å². The lowest BCUT2D eigenvalue weighted by Crippen LogP contribution is -2.37. The van der Waals surface area contributed by atoms with Crippen molar-refractivity contribution in [2.75, 3.05) is 11.4 Å². The molecule has 7 heteroatoms. The number of halogens is 1. The molecule has 0 aliphatic carbocycles. The molecule has 154 valence electrons. The molecular formula is C23H21ClN2O3S. The Morgan fingerprint density at radius 2 is 1.90 bits per heavy atom. The van der Waals surface area contributed by atoms with Crippen molar-refractivity contribution in [3.8, 4) is 11.3 Å². The van der Waals surface area contributed by atoms with Gasteiger partial charge < -0.3 is 5.11 Å². The van der Waals surface area contributed by atoms with E-state index in [1.54, 1.807) is 11.0 Å². The molecule has 1 N–H and O–H groups in total. The Morgan fingerprint density at radius 3 is 2.63 bits per heavy atom. The molecule has 2 unspecified atom stereocenters. The van der Waals surface area contributed by atoms with Crippen LogP contribution in [0.3, 0.4) is 0 Å². The first-order valence-corrected chi connectivity index (χ1v) is 11.1. The maximum atomic E-state index is 13.5. The fourth-order valence-corrected chi connectivity index (χ4v) is 5.13. The van der Waals surface area contributed by atoms with Crippen LogP contribution in [-0.4, -0.2) is 28.5 Å². The molecule has 30 heavy (non-hydrogen) atoms. The van der Waals surface area contributed by atoms with E-state index < -0.39 is 11.9 Å². The summed E-state index contributed by atoms with van der Waals surface area (Å²) >= 11 is 7.67. The van der Waals surface area contributed by atoms with Crippen molar-refractivity contribution in [2.24, 2.45) is 5.92 Å². The van der Waals surface area contributed by atoms with Gasteiger partial charge in [-0.2, -0.15) is 0 Å². The van der Waals surface area contributed by atoms with Crippen molar-refractivity contribution in [3.05, 3.63) is 70.6 Å². The van der Waals surface area contributed by atoms with Crippen LogP contribution in [0.15, 0.2) is 60.0 Å². The van der Waals surface area contributed by atoms with Crippen molar-refractivity contribution in [3.63, 3.8) is 0 Å². The van der Waals surface area contributed by atoms with E-state index in [-0.39, 0.29) is 18.2 Å². The second-order valence-corrected chi connectivity index (χ2v) is 8.59. The van der Waals surface area contributed by atoms with Gasteiger partial charge in [0.25, 0.3) is 0 Å². The van der Waals surface area contributed by atoms with Crippen molar-refractivity contribution in [1.82, 2.24) is 4.98 Å². The van der Waals surface area contributed by atoms with E-state index >= 15 is 0 Å². The first kappa shape index (κ1) is 20.6. The van der Waals surface area contributed by atoms with E-state index in [9.17, 15) is 14.7 Å². The molecule has 1 aromatic heterocycles. The van der Waals surface area contributed by atoms with Gasteiger partial charge in [0.1, 0.15) is 0 Å². The number of nitrogens with zero attached hydrogens (tertiary/aromatic N) is 2. The number of benzene rings is 2. The quantitative estimate of drug-likeness (QED) is 0.571. The van der Waals surface area contributed by atoms with Gasteiger partial charge in [0.15, 0.2) is 5.13 Å². The summed E-state index contributed by atoms with van der Waals surface area (Å²) in [5, 5.41) is 12.6. The van der Waals surface area contributed by atoms with Gasteiger partial charge in [-0.05, 0) is 30.4 Å². The summed E-state index contributed by atoms with van der Waals surface area (Å²) in [4.78, 5) is 31.4. The minimum absolute atomic E-state index is 0.122. The molecule has 1 amide bonds. The second kappa shape index (κ2) is 8.98. The third-order valence-electron chi connectivity index (χ3n) is 5.46. The summed E-state index contributed by atoms with van der Waals surface area (Å²) in [6, 6.07) is 17.2. The number of carboxylic acid groups (broad SMARTS) is 1. The standard InChI is InChI=1S/C23H21ClN2O3S/c24-19-11-5-4-9-17(19)20-14-30-23(25-20)26-12-6-10-16(15-7-2-1-3-8-15)18(22(26)29)13-21(27)28/h1-5,7-9,11,14,16,18H,6,10,12-13H2,(H,27,28). The van der Waals surface area contributed by atoms with Gasteiger partial charge in [-0.15, -0.1) is 11.3 Å². The average Bonchev–Trinajstić information content (AvgIpc) is 3.16. The zero-order valence-corrected chi connectivity index (χ0v) is 17.8. The zero-order chi connectivity index (χ0) is 21.1. The van der Waals surface area contributed by atoms with Gasteiger partial charge in [-0.1, -0.05) is 60.1 Å². The number of aliphatic carboxylic acids is 1. The van der Waals surface area contributed by atoms with Crippen LogP contribution in [0, 0.1) is 5.92 Å². The molecule has 0 radical (unpaired) electrons. The Balaban J connectivity index is 1.66. The molecule has 0 spiro atoms. The number of carboxylic acids is 1. The highest BCUT2D eigenvalue weighted by Gasteiger charge is 2.38. The molecule has 2 atom stereocenters. The van der Waals surface area contributed by atoms with Crippen LogP contribution in [0.25, 0.3) is 11.3 Å². The highest BCUT2D eigenvalue weighted by atomic mass is 35.5. The molecule has 4 rings (SSSR count). The van der Waals surface area contributed by atoms with Gasteiger partial charge in [0, 0.05) is 22.5 Å². The summed E-state index contributed by atoms with van der Waals surface area (Å²) < 4.78 is 0. The second-order valence-electron chi connectivity index (χ2n) is 7.35. The van der Waals surface area contributed by atoms with Crippen molar-refractivity contribution in [2.45, 2.75) is 25.2 Å². The Kier molecular flexibility index (Phi) is 6.16. The number of carbonyl (C=O) groups excluding carboxylic acids is 1. The number of amides is 1. The molecule has 2 aromatic carbocycles. The Labute approximate surface area is 183 Å². The summed E-state index contributed by atoms with van der Waals surface area (Å²) in [7, 11) is 0. The van der Waals surface area contributed by atoms with Crippen LogP contribution >= 0.6 is 22.9 Å². The monoisotopic (exact) mass is 440 g/mol.